The number of carbonyl (C=O) groups is 1. The first-order chi connectivity index (χ1) is 9.72. The second-order valence-electron chi connectivity index (χ2n) is 5.41. The highest BCUT2D eigenvalue weighted by molar-refractivity contribution is 6.30. The molecule has 1 saturated carbocycles. The summed E-state index contributed by atoms with van der Waals surface area (Å²) >= 11 is 5.89. The molecule has 0 aromatic heterocycles. The van der Waals surface area contributed by atoms with Crippen LogP contribution in [0.4, 0.5) is 0 Å². The standard InChI is InChI=1S/C15H19ClN2O2/c16-12-3-1-11(2-4-12)14-10-18(7-8-20-14)15(19)9-17-13-5-6-13/h1-4,13-14,17H,5-10H2. The van der Waals surface area contributed by atoms with Crippen molar-refractivity contribution in [2.24, 2.45) is 0 Å². The van der Waals surface area contributed by atoms with Crippen LogP contribution in [0.15, 0.2) is 24.3 Å². The van der Waals surface area contributed by atoms with Crippen LogP contribution in [0.1, 0.15) is 24.5 Å². The molecule has 2 fully saturated rings. The summed E-state index contributed by atoms with van der Waals surface area (Å²) < 4.78 is 5.76. The van der Waals surface area contributed by atoms with Gasteiger partial charge in [-0.25, -0.2) is 0 Å². The van der Waals surface area contributed by atoms with Gasteiger partial charge in [0.25, 0.3) is 0 Å². The van der Waals surface area contributed by atoms with Gasteiger partial charge in [-0.2, -0.15) is 0 Å². The third-order valence-corrected chi connectivity index (χ3v) is 4.03. The number of carbonyl (C=O) groups excluding carboxylic acids is 1. The van der Waals surface area contributed by atoms with Crippen LogP contribution in [-0.4, -0.2) is 43.1 Å². The minimum atomic E-state index is -0.0501. The van der Waals surface area contributed by atoms with E-state index in [1.807, 2.05) is 29.2 Å². The van der Waals surface area contributed by atoms with Gasteiger partial charge in [-0.3, -0.25) is 4.79 Å². The van der Waals surface area contributed by atoms with Gasteiger partial charge >= 0.3 is 0 Å². The maximum atomic E-state index is 12.1. The van der Waals surface area contributed by atoms with Gasteiger partial charge < -0.3 is 15.0 Å². The van der Waals surface area contributed by atoms with Crippen molar-refractivity contribution in [1.82, 2.24) is 10.2 Å². The molecule has 0 radical (unpaired) electrons. The topological polar surface area (TPSA) is 41.6 Å². The van der Waals surface area contributed by atoms with Crippen molar-refractivity contribution in [3.63, 3.8) is 0 Å². The van der Waals surface area contributed by atoms with Crippen molar-refractivity contribution in [2.45, 2.75) is 25.0 Å². The van der Waals surface area contributed by atoms with Gasteiger partial charge in [-0.05, 0) is 30.5 Å². The second-order valence-corrected chi connectivity index (χ2v) is 5.84. The summed E-state index contributed by atoms with van der Waals surface area (Å²) in [6, 6.07) is 8.20. The highest BCUT2D eigenvalue weighted by atomic mass is 35.5. The third kappa shape index (κ3) is 3.51. The summed E-state index contributed by atoms with van der Waals surface area (Å²) in [5.74, 6) is 0.166. The molecule has 1 saturated heterocycles. The Morgan fingerprint density at radius 1 is 1.35 bits per heavy atom. The van der Waals surface area contributed by atoms with E-state index in [1.54, 1.807) is 0 Å². The number of nitrogens with zero attached hydrogens (tertiary/aromatic N) is 1. The molecule has 1 amide bonds. The van der Waals surface area contributed by atoms with Crippen molar-refractivity contribution in [1.29, 1.82) is 0 Å². The van der Waals surface area contributed by atoms with Crippen molar-refractivity contribution in [3.05, 3.63) is 34.9 Å². The molecule has 5 heteroatoms. The van der Waals surface area contributed by atoms with Crippen LogP contribution in [0.25, 0.3) is 0 Å². The minimum Gasteiger partial charge on any atom is -0.370 e. The summed E-state index contributed by atoms with van der Waals surface area (Å²) in [7, 11) is 0. The minimum absolute atomic E-state index is 0.0501. The molecular formula is C15H19ClN2O2. The third-order valence-electron chi connectivity index (χ3n) is 3.78. The van der Waals surface area contributed by atoms with Gasteiger partial charge in [-0.1, -0.05) is 23.7 Å². The average molecular weight is 295 g/mol. The van der Waals surface area contributed by atoms with E-state index in [9.17, 15) is 4.79 Å². The molecule has 1 aliphatic heterocycles. The normalized spacial score (nSPS) is 22.9. The highest BCUT2D eigenvalue weighted by Gasteiger charge is 2.27. The number of halogens is 1. The molecule has 2 aliphatic rings. The molecule has 1 aromatic rings. The number of hydrogen-bond donors (Lipinski definition) is 1. The zero-order valence-electron chi connectivity index (χ0n) is 11.3. The Bertz CT molecular complexity index is 473. The Morgan fingerprint density at radius 2 is 2.10 bits per heavy atom. The van der Waals surface area contributed by atoms with Gasteiger partial charge in [0.15, 0.2) is 0 Å². The van der Waals surface area contributed by atoms with E-state index < -0.39 is 0 Å². The van der Waals surface area contributed by atoms with Crippen molar-refractivity contribution >= 4 is 17.5 Å². The molecule has 1 heterocycles. The number of benzene rings is 1. The molecule has 1 N–H and O–H groups in total. The quantitative estimate of drug-likeness (QED) is 0.923. The average Bonchev–Trinajstić information content (AvgIpc) is 3.30. The Hall–Kier alpha value is -1.10. The van der Waals surface area contributed by atoms with Gasteiger partial charge in [0, 0.05) is 17.6 Å². The van der Waals surface area contributed by atoms with E-state index >= 15 is 0 Å². The first-order valence-electron chi connectivity index (χ1n) is 7.10. The van der Waals surface area contributed by atoms with Crippen LogP contribution in [0.2, 0.25) is 5.02 Å². The van der Waals surface area contributed by atoms with Gasteiger partial charge in [0.1, 0.15) is 6.10 Å². The monoisotopic (exact) mass is 294 g/mol. The van der Waals surface area contributed by atoms with Gasteiger partial charge in [0.2, 0.25) is 5.91 Å². The molecule has 0 spiro atoms. The molecule has 108 valence electrons. The summed E-state index contributed by atoms with van der Waals surface area (Å²) in [6.45, 7) is 2.32. The molecule has 3 rings (SSSR count). The molecular weight excluding hydrogens is 276 g/mol. The number of rotatable bonds is 4. The zero-order valence-corrected chi connectivity index (χ0v) is 12.1. The summed E-state index contributed by atoms with van der Waals surface area (Å²) in [4.78, 5) is 14.0. The number of hydrogen-bond acceptors (Lipinski definition) is 3. The maximum Gasteiger partial charge on any atom is 0.236 e. The molecule has 1 atom stereocenters. The fourth-order valence-electron chi connectivity index (χ4n) is 2.39. The number of morpholine rings is 1. The van der Waals surface area contributed by atoms with E-state index in [0.717, 1.165) is 5.56 Å². The van der Waals surface area contributed by atoms with Crippen LogP contribution < -0.4 is 5.32 Å². The highest BCUT2D eigenvalue weighted by Crippen LogP contribution is 2.24. The van der Waals surface area contributed by atoms with E-state index in [2.05, 4.69) is 5.32 Å². The number of amides is 1. The summed E-state index contributed by atoms with van der Waals surface area (Å²) in [5.41, 5.74) is 1.07. The fourth-order valence-corrected chi connectivity index (χ4v) is 2.51. The van der Waals surface area contributed by atoms with Crippen molar-refractivity contribution in [2.75, 3.05) is 26.2 Å². The summed E-state index contributed by atoms with van der Waals surface area (Å²) in [6.07, 6.45) is 2.35. The zero-order chi connectivity index (χ0) is 13.9. The second kappa shape index (κ2) is 6.12. The lowest BCUT2D eigenvalue weighted by Crippen LogP contribution is -2.46. The molecule has 1 unspecified atom stereocenters. The van der Waals surface area contributed by atoms with Crippen LogP contribution >= 0.6 is 11.6 Å². The lowest BCUT2D eigenvalue weighted by molar-refractivity contribution is -0.138. The van der Waals surface area contributed by atoms with Gasteiger partial charge in [-0.15, -0.1) is 0 Å². The van der Waals surface area contributed by atoms with Crippen LogP contribution in [0, 0.1) is 0 Å². The van der Waals surface area contributed by atoms with Gasteiger partial charge in [0.05, 0.1) is 19.7 Å². The lowest BCUT2D eigenvalue weighted by atomic mass is 10.1. The Morgan fingerprint density at radius 3 is 2.80 bits per heavy atom. The molecule has 1 aromatic carbocycles. The molecule has 0 bridgehead atoms. The smallest absolute Gasteiger partial charge is 0.236 e. The first-order valence-corrected chi connectivity index (χ1v) is 7.48. The predicted octanol–water partition coefficient (Wildman–Crippen LogP) is 1.99. The van der Waals surface area contributed by atoms with Crippen molar-refractivity contribution < 1.29 is 9.53 Å². The SMILES string of the molecule is O=C(CNC1CC1)N1CCOC(c2ccc(Cl)cc2)C1. The van der Waals surface area contributed by atoms with E-state index in [0.29, 0.717) is 37.3 Å². The van der Waals surface area contributed by atoms with Crippen molar-refractivity contribution in [3.8, 4) is 0 Å². The van der Waals surface area contributed by atoms with E-state index in [4.69, 9.17) is 16.3 Å². The number of ether oxygens (including phenoxy) is 1. The Labute approximate surface area is 124 Å². The van der Waals surface area contributed by atoms with Crippen LogP contribution in [-0.2, 0) is 9.53 Å². The van der Waals surface area contributed by atoms with E-state index in [1.165, 1.54) is 12.8 Å². The summed E-state index contributed by atoms with van der Waals surface area (Å²) in [5, 5.41) is 3.98. The molecule has 4 nitrogen and oxygen atoms in total. The molecule has 20 heavy (non-hydrogen) atoms. The molecule has 1 aliphatic carbocycles. The lowest BCUT2D eigenvalue weighted by Gasteiger charge is -2.33. The van der Waals surface area contributed by atoms with Crippen LogP contribution in [0.3, 0.4) is 0 Å². The van der Waals surface area contributed by atoms with E-state index in [-0.39, 0.29) is 12.0 Å². The first kappa shape index (κ1) is 13.9. The fraction of sp³-hybridized carbons (Fsp3) is 0.533. The number of nitrogens with one attached hydrogen (secondary N) is 1. The Kier molecular flexibility index (Phi) is 4.24. The Balaban J connectivity index is 1.57. The van der Waals surface area contributed by atoms with Crippen LogP contribution in [0.5, 0.6) is 0 Å². The maximum absolute atomic E-state index is 12.1. The predicted molar refractivity (Wildman–Crippen MR) is 77.7 cm³/mol. The largest absolute Gasteiger partial charge is 0.370 e.